The first-order chi connectivity index (χ1) is 9.58. The van der Waals surface area contributed by atoms with Crippen molar-refractivity contribution in [2.45, 2.75) is 39.7 Å². The molecule has 0 bridgehead atoms. The Bertz CT molecular complexity index is 388. The smallest absolute Gasteiger partial charge is 0.255 e. The molecule has 4 nitrogen and oxygen atoms in total. The first kappa shape index (κ1) is 16.5. The molecule has 0 spiro atoms. The van der Waals surface area contributed by atoms with E-state index < -0.39 is 5.91 Å². The molecule has 20 heavy (non-hydrogen) atoms. The summed E-state index contributed by atoms with van der Waals surface area (Å²) in [5.74, 6) is 1.00. The van der Waals surface area contributed by atoms with E-state index in [2.05, 4.69) is 19.2 Å². The molecular formula is C16H26N2O2. The lowest BCUT2D eigenvalue weighted by molar-refractivity contribution is -0.119. The molecule has 0 aliphatic heterocycles. The van der Waals surface area contributed by atoms with Gasteiger partial charge in [0, 0.05) is 6.54 Å². The number of carbonyl (C=O) groups excluding carboxylic acids is 1. The number of nitrogens with two attached hydrogens (primary N) is 1. The molecule has 1 aromatic rings. The highest BCUT2D eigenvalue weighted by atomic mass is 16.5. The second-order valence-corrected chi connectivity index (χ2v) is 5.47. The quantitative estimate of drug-likeness (QED) is 0.646. The zero-order valence-electron chi connectivity index (χ0n) is 12.5. The second-order valence-electron chi connectivity index (χ2n) is 5.47. The second kappa shape index (κ2) is 9.37. The molecule has 1 rings (SSSR count). The minimum absolute atomic E-state index is 0.0759. The highest BCUT2D eigenvalue weighted by Crippen LogP contribution is 2.12. The van der Waals surface area contributed by atoms with Crippen LogP contribution < -0.4 is 15.8 Å². The van der Waals surface area contributed by atoms with Crippen LogP contribution in [0, 0.1) is 5.92 Å². The third-order valence-electron chi connectivity index (χ3n) is 3.02. The van der Waals surface area contributed by atoms with Crippen LogP contribution in [0.3, 0.4) is 0 Å². The van der Waals surface area contributed by atoms with Gasteiger partial charge in [-0.15, -0.1) is 0 Å². The fourth-order valence-electron chi connectivity index (χ4n) is 1.89. The minimum Gasteiger partial charge on any atom is -0.484 e. The third-order valence-corrected chi connectivity index (χ3v) is 3.02. The Morgan fingerprint density at radius 1 is 1.25 bits per heavy atom. The molecule has 0 saturated heterocycles. The van der Waals surface area contributed by atoms with Crippen LogP contribution in [0.1, 0.15) is 38.7 Å². The number of amides is 1. The average molecular weight is 278 g/mol. The number of carbonyl (C=O) groups is 1. The molecular weight excluding hydrogens is 252 g/mol. The summed E-state index contributed by atoms with van der Waals surface area (Å²) in [6.45, 7) is 6.35. The standard InChI is InChI=1S/C16H26N2O2/c1-13(2)5-3-4-10-18-11-14-6-8-15(9-7-14)20-12-16(17)19/h6-9,13,18H,3-5,10-12H2,1-2H3,(H2,17,19). The number of nitrogens with one attached hydrogen (secondary N) is 1. The summed E-state index contributed by atoms with van der Waals surface area (Å²) in [4.78, 5) is 10.6. The molecule has 4 heteroatoms. The van der Waals surface area contributed by atoms with E-state index in [-0.39, 0.29) is 6.61 Å². The molecule has 0 aromatic heterocycles. The van der Waals surface area contributed by atoms with Gasteiger partial charge in [-0.25, -0.2) is 0 Å². The van der Waals surface area contributed by atoms with Crippen LogP contribution in [0.25, 0.3) is 0 Å². The molecule has 0 atom stereocenters. The van der Waals surface area contributed by atoms with E-state index in [1.165, 1.54) is 24.8 Å². The summed E-state index contributed by atoms with van der Waals surface area (Å²) in [7, 11) is 0. The Morgan fingerprint density at radius 2 is 1.95 bits per heavy atom. The van der Waals surface area contributed by atoms with E-state index in [1.54, 1.807) is 0 Å². The van der Waals surface area contributed by atoms with Crippen molar-refractivity contribution in [3.63, 3.8) is 0 Å². The Hall–Kier alpha value is -1.55. The highest BCUT2D eigenvalue weighted by Gasteiger charge is 1.98. The summed E-state index contributed by atoms with van der Waals surface area (Å²) in [5.41, 5.74) is 6.23. The van der Waals surface area contributed by atoms with E-state index in [4.69, 9.17) is 10.5 Å². The predicted octanol–water partition coefficient (Wildman–Crippen LogP) is 2.47. The SMILES string of the molecule is CC(C)CCCCNCc1ccc(OCC(N)=O)cc1. The van der Waals surface area contributed by atoms with E-state index in [1.807, 2.05) is 24.3 Å². The molecule has 0 fully saturated rings. The van der Waals surface area contributed by atoms with Crippen molar-refractivity contribution in [3.05, 3.63) is 29.8 Å². The largest absolute Gasteiger partial charge is 0.484 e. The van der Waals surface area contributed by atoms with E-state index >= 15 is 0 Å². The van der Waals surface area contributed by atoms with Gasteiger partial charge in [0.1, 0.15) is 5.75 Å². The molecule has 0 saturated carbocycles. The summed E-state index contributed by atoms with van der Waals surface area (Å²) in [6.07, 6.45) is 3.80. The number of rotatable bonds is 10. The summed E-state index contributed by atoms with van der Waals surface area (Å²) in [6, 6.07) is 7.71. The highest BCUT2D eigenvalue weighted by molar-refractivity contribution is 5.75. The fourth-order valence-corrected chi connectivity index (χ4v) is 1.89. The minimum atomic E-state index is -0.461. The number of ether oxygens (including phenoxy) is 1. The zero-order chi connectivity index (χ0) is 14.8. The van der Waals surface area contributed by atoms with Gasteiger partial charge in [-0.2, -0.15) is 0 Å². The van der Waals surface area contributed by atoms with Gasteiger partial charge >= 0.3 is 0 Å². The Kier molecular flexibility index (Phi) is 7.73. The molecule has 112 valence electrons. The van der Waals surface area contributed by atoms with Gasteiger partial charge in [-0.1, -0.05) is 38.8 Å². The van der Waals surface area contributed by atoms with E-state index in [9.17, 15) is 4.79 Å². The van der Waals surface area contributed by atoms with Gasteiger partial charge in [0.25, 0.3) is 5.91 Å². The Morgan fingerprint density at radius 3 is 2.55 bits per heavy atom. The normalized spacial score (nSPS) is 10.8. The number of primary amides is 1. The molecule has 3 N–H and O–H groups in total. The summed E-state index contributed by atoms with van der Waals surface area (Å²) < 4.78 is 5.21. The van der Waals surface area contributed by atoms with Gasteiger partial charge in [0.2, 0.25) is 0 Å². The monoisotopic (exact) mass is 278 g/mol. The van der Waals surface area contributed by atoms with Crippen molar-refractivity contribution < 1.29 is 9.53 Å². The average Bonchev–Trinajstić information content (AvgIpc) is 2.41. The van der Waals surface area contributed by atoms with Crippen LogP contribution in [0.15, 0.2) is 24.3 Å². The molecule has 0 radical (unpaired) electrons. The zero-order valence-corrected chi connectivity index (χ0v) is 12.5. The van der Waals surface area contributed by atoms with Crippen molar-refractivity contribution in [1.82, 2.24) is 5.32 Å². The van der Waals surface area contributed by atoms with Crippen molar-refractivity contribution in [2.75, 3.05) is 13.2 Å². The molecule has 1 aromatic carbocycles. The lowest BCUT2D eigenvalue weighted by atomic mass is 10.1. The van der Waals surface area contributed by atoms with Gasteiger partial charge in [0.15, 0.2) is 6.61 Å². The first-order valence-corrected chi connectivity index (χ1v) is 7.28. The molecule has 0 aliphatic carbocycles. The maximum atomic E-state index is 10.6. The van der Waals surface area contributed by atoms with Crippen molar-refractivity contribution >= 4 is 5.91 Å². The molecule has 0 heterocycles. The maximum Gasteiger partial charge on any atom is 0.255 e. The van der Waals surface area contributed by atoms with Crippen LogP contribution in [-0.4, -0.2) is 19.1 Å². The van der Waals surface area contributed by atoms with Crippen molar-refractivity contribution in [1.29, 1.82) is 0 Å². The molecule has 0 aliphatic rings. The summed E-state index contributed by atoms with van der Waals surface area (Å²) in [5, 5.41) is 3.43. The first-order valence-electron chi connectivity index (χ1n) is 7.28. The van der Waals surface area contributed by atoms with Gasteiger partial charge in [0.05, 0.1) is 0 Å². The van der Waals surface area contributed by atoms with Crippen molar-refractivity contribution in [2.24, 2.45) is 11.7 Å². The molecule has 0 unspecified atom stereocenters. The predicted molar refractivity (Wildman–Crippen MR) is 81.5 cm³/mol. The maximum absolute atomic E-state index is 10.6. The van der Waals surface area contributed by atoms with Gasteiger partial charge < -0.3 is 15.8 Å². The third kappa shape index (κ3) is 7.79. The van der Waals surface area contributed by atoms with E-state index in [0.717, 1.165) is 19.0 Å². The van der Waals surface area contributed by atoms with Gasteiger partial charge in [-0.05, 0) is 36.6 Å². The lowest BCUT2D eigenvalue weighted by Crippen LogP contribution is -2.20. The van der Waals surface area contributed by atoms with Crippen molar-refractivity contribution in [3.8, 4) is 5.75 Å². The lowest BCUT2D eigenvalue weighted by Gasteiger charge is -2.08. The van der Waals surface area contributed by atoms with Crippen LogP contribution in [0.5, 0.6) is 5.75 Å². The molecule has 1 amide bonds. The summed E-state index contributed by atoms with van der Waals surface area (Å²) >= 11 is 0. The topological polar surface area (TPSA) is 64.3 Å². The van der Waals surface area contributed by atoms with Crippen LogP contribution in [0.4, 0.5) is 0 Å². The Labute approximate surface area is 121 Å². The Balaban J connectivity index is 2.16. The number of hydrogen-bond donors (Lipinski definition) is 2. The van der Waals surface area contributed by atoms with E-state index in [0.29, 0.717) is 5.75 Å². The van der Waals surface area contributed by atoms with Crippen LogP contribution in [-0.2, 0) is 11.3 Å². The van der Waals surface area contributed by atoms with Gasteiger partial charge in [-0.3, -0.25) is 4.79 Å². The number of unbranched alkanes of at least 4 members (excludes halogenated alkanes) is 1. The fraction of sp³-hybridized carbons (Fsp3) is 0.562. The van der Waals surface area contributed by atoms with Crippen LogP contribution in [0.2, 0.25) is 0 Å². The number of benzene rings is 1. The number of hydrogen-bond acceptors (Lipinski definition) is 3. The van der Waals surface area contributed by atoms with Crippen LogP contribution >= 0.6 is 0 Å².